The second kappa shape index (κ2) is 11.3. The molecule has 0 unspecified atom stereocenters. The molecule has 0 atom stereocenters. The van der Waals surface area contributed by atoms with Crippen molar-refractivity contribution in [2.75, 3.05) is 7.05 Å². The number of nitrogens with one attached hydrogen (secondary N) is 1. The number of halogens is 2. The number of hydrogen-bond acceptors (Lipinski definition) is 7. The lowest BCUT2D eigenvalue weighted by atomic mass is 10.3. The van der Waals surface area contributed by atoms with Crippen LogP contribution < -0.4 is 5.32 Å². The summed E-state index contributed by atoms with van der Waals surface area (Å²) in [6.45, 7) is 0.343. The van der Waals surface area contributed by atoms with Crippen molar-refractivity contribution in [2.45, 2.75) is 16.5 Å². The molecule has 10 nitrogen and oxygen atoms in total. The Bertz CT molecular complexity index is 1260. The van der Waals surface area contributed by atoms with Gasteiger partial charge in [0.25, 0.3) is 0 Å². The van der Waals surface area contributed by atoms with Crippen LogP contribution in [0.2, 0.25) is 5.02 Å². The van der Waals surface area contributed by atoms with Gasteiger partial charge >= 0.3 is 11.9 Å². The van der Waals surface area contributed by atoms with Crippen molar-refractivity contribution in [1.82, 2.24) is 20.1 Å². The van der Waals surface area contributed by atoms with Crippen LogP contribution in [-0.4, -0.2) is 52.4 Å². The fraction of sp³-hybridized carbons (Fsp3) is 0.100. The highest BCUT2D eigenvalue weighted by molar-refractivity contribution is 7.91. The van der Waals surface area contributed by atoms with E-state index in [2.05, 4.69) is 15.4 Å². The fourth-order valence-electron chi connectivity index (χ4n) is 2.47. The minimum absolute atomic E-state index is 0.0136. The largest absolute Gasteiger partial charge is 0.478 e. The number of carbonyl (C=O) groups is 2. The zero-order chi connectivity index (χ0) is 24.6. The molecular weight excluding hydrogens is 479 g/mol. The van der Waals surface area contributed by atoms with Crippen molar-refractivity contribution in [2.24, 2.45) is 0 Å². The Morgan fingerprint density at radius 3 is 2.39 bits per heavy atom. The van der Waals surface area contributed by atoms with E-state index >= 15 is 0 Å². The lowest BCUT2D eigenvalue weighted by molar-refractivity contribution is -0.134. The zero-order valence-corrected chi connectivity index (χ0v) is 18.6. The van der Waals surface area contributed by atoms with Gasteiger partial charge in [-0.3, -0.25) is 4.98 Å². The molecular formula is C20H18ClFN4O6S. The molecule has 0 saturated carbocycles. The molecule has 0 radical (unpaired) electrons. The maximum absolute atomic E-state index is 13.8. The van der Waals surface area contributed by atoms with E-state index in [0.717, 1.165) is 4.68 Å². The maximum atomic E-state index is 13.8. The van der Waals surface area contributed by atoms with Crippen LogP contribution in [0.15, 0.2) is 70.9 Å². The van der Waals surface area contributed by atoms with Gasteiger partial charge in [0.15, 0.2) is 5.03 Å². The maximum Gasteiger partial charge on any atom is 0.328 e. The lowest BCUT2D eigenvalue weighted by Gasteiger charge is -2.10. The van der Waals surface area contributed by atoms with Crippen LogP contribution in [0.3, 0.4) is 0 Å². The normalized spacial score (nSPS) is 11.1. The summed E-state index contributed by atoms with van der Waals surface area (Å²) in [5.41, 5.74) is 0.622. The van der Waals surface area contributed by atoms with Crippen molar-refractivity contribution >= 4 is 33.4 Å². The molecule has 3 rings (SSSR count). The minimum atomic E-state index is -3.92. The summed E-state index contributed by atoms with van der Waals surface area (Å²) in [5.74, 6) is -3.17. The topological polar surface area (TPSA) is 151 Å². The summed E-state index contributed by atoms with van der Waals surface area (Å²) in [5, 5.41) is 22.5. The van der Waals surface area contributed by atoms with Gasteiger partial charge in [-0.2, -0.15) is 5.10 Å². The Hall–Kier alpha value is -3.61. The van der Waals surface area contributed by atoms with Gasteiger partial charge in [-0.05, 0) is 31.3 Å². The number of hydrogen-bond donors (Lipinski definition) is 3. The molecule has 0 aliphatic carbocycles. The summed E-state index contributed by atoms with van der Waals surface area (Å²) >= 11 is 6.02. The van der Waals surface area contributed by atoms with Crippen LogP contribution in [0.4, 0.5) is 4.39 Å². The standard InChI is InChI=1S/C16H14ClFN4O2S.C4H4O4/c1-19-9-11-8-15(25(23,24)12-4-3-7-20-10-12)22(21-11)14-6-2-5-13(18)16(14)17;5-3(6)1-2-4(7)8/h2-8,10,19H,9H2,1H3;1-2H,(H,5,6)(H,7,8)/b;2-1+. The molecule has 0 spiro atoms. The number of carboxylic acid groups (broad SMARTS) is 2. The van der Waals surface area contributed by atoms with Crippen LogP contribution in [-0.2, 0) is 26.0 Å². The first kappa shape index (κ1) is 25.6. The predicted octanol–water partition coefficient (Wildman–Crippen LogP) is 2.32. The SMILES string of the molecule is CNCc1cc(S(=O)(=O)c2cccnc2)n(-c2cccc(F)c2Cl)n1.O=C(O)/C=C/C(=O)O. The van der Waals surface area contributed by atoms with Gasteiger partial charge in [0, 0.05) is 37.2 Å². The van der Waals surface area contributed by atoms with Gasteiger partial charge in [-0.25, -0.2) is 27.1 Å². The Morgan fingerprint density at radius 2 is 1.85 bits per heavy atom. The second-order valence-electron chi connectivity index (χ2n) is 6.19. The number of nitrogens with zero attached hydrogens (tertiary/aromatic N) is 3. The Labute approximate surface area is 192 Å². The second-order valence-corrected chi connectivity index (χ2v) is 8.47. The van der Waals surface area contributed by atoms with Crippen LogP contribution in [0.5, 0.6) is 0 Å². The van der Waals surface area contributed by atoms with E-state index < -0.39 is 27.6 Å². The molecule has 0 aliphatic rings. The third-order valence-electron chi connectivity index (χ3n) is 3.83. The molecule has 3 aromatic rings. The average Bonchev–Trinajstić information content (AvgIpc) is 3.20. The molecule has 0 bridgehead atoms. The molecule has 0 aliphatic heterocycles. The van der Waals surface area contributed by atoms with Crippen LogP contribution >= 0.6 is 11.6 Å². The van der Waals surface area contributed by atoms with Gasteiger partial charge < -0.3 is 15.5 Å². The fourth-order valence-corrected chi connectivity index (χ4v) is 4.03. The van der Waals surface area contributed by atoms with Crippen molar-refractivity contribution in [3.8, 4) is 5.69 Å². The van der Waals surface area contributed by atoms with E-state index in [1.807, 2.05) is 0 Å². The van der Waals surface area contributed by atoms with E-state index in [0.29, 0.717) is 24.4 Å². The third-order valence-corrected chi connectivity index (χ3v) is 5.91. The van der Waals surface area contributed by atoms with E-state index in [4.69, 9.17) is 21.8 Å². The number of sulfone groups is 1. The number of aromatic nitrogens is 3. The number of benzene rings is 1. The van der Waals surface area contributed by atoms with Gasteiger partial charge in [0.1, 0.15) is 10.8 Å². The average molecular weight is 497 g/mol. The Kier molecular flexibility index (Phi) is 8.79. The monoisotopic (exact) mass is 496 g/mol. The van der Waals surface area contributed by atoms with Crippen LogP contribution in [0.25, 0.3) is 5.69 Å². The first-order valence-electron chi connectivity index (χ1n) is 9.05. The highest BCUT2D eigenvalue weighted by atomic mass is 35.5. The summed E-state index contributed by atoms with van der Waals surface area (Å²) in [4.78, 5) is 23.0. The Balaban J connectivity index is 0.000000414. The van der Waals surface area contributed by atoms with Gasteiger partial charge in [0.05, 0.1) is 16.3 Å². The lowest BCUT2D eigenvalue weighted by Crippen LogP contribution is -2.11. The smallest absolute Gasteiger partial charge is 0.328 e. The van der Waals surface area contributed by atoms with E-state index in [1.165, 1.54) is 48.8 Å². The molecule has 174 valence electrons. The number of aliphatic carboxylic acids is 2. The van der Waals surface area contributed by atoms with Crippen LogP contribution in [0.1, 0.15) is 5.69 Å². The number of carboxylic acids is 2. The first-order valence-corrected chi connectivity index (χ1v) is 10.9. The van der Waals surface area contributed by atoms with Crippen molar-refractivity contribution in [3.63, 3.8) is 0 Å². The van der Waals surface area contributed by atoms with Gasteiger partial charge in [-0.15, -0.1) is 0 Å². The summed E-state index contributed by atoms with van der Waals surface area (Å²) < 4.78 is 40.9. The number of pyridine rings is 1. The molecule has 33 heavy (non-hydrogen) atoms. The molecule has 2 aromatic heterocycles. The summed E-state index contributed by atoms with van der Waals surface area (Å²) in [6, 6.07) is 8.53. The molecule has 0 fully saturated rings. The molecule has 13 heteroatoms. The molecule has 0 amide bonds. The molecule has 2 heterocycles. The summed E-state index contributed by atoms with van der Waals surface area (Å²) in [6.07, 6.45) is 3.84. The van der Waals surface area contributed by atoms with Crippen molar-refractivity contribution in [1.29, 1.82) is 0 Å². The highest BCUT2D eigenvalue weighted by Crippen LogP contribution is 2.29. The Morgan fingerprint density at radius 1 is 1.18 bits per heavy atom. The van der Waals surface area contributed by atoms with E-state index in [1.54, 1.807) is 7.05 Å². The van der Waals surface area contributed by atoms with Crippen molar-refractivity contribution < 1.29 is 32.6 Å². The quantitative estimate of drug-likeness (QED) is 0.418. The molecule has 0 saturated heterocycles. The third kappa shape index (κ3) is 6.68. The van der Waals surface area contributed by atoms with Gasteiger partial charge in [0.2, 0.25) is 9.84 Å². The minimum Gasteiger partial charge on any atom is -0.478 e. The number of rotatable bonds is 7. The molecule has 1 aromatic carbocycles. The molecule has 3 N–H and O–H groups in total. The predicted molar refractivity (Wildman–Crippen MR) is 115 cm³/mol. The highest BCUT2D eigenvalue weighted by Gasteiger charge is 2.26. The van der Waals surface area contributed by atoms with Gasteiger partial charge in [-0.1, -0.05) is 17.7 Å². The summed E-state index contributed by atoms with van der Waals surface area (Å²) in [7, 11) is -2.20. The van der Waals surface area contributed by atoms with E-state index in [9.17, 15) is 22.4 Å². The van der Waals surface area contributed by atoms with E-state index in [-0.39, 0.29) is 20.6 Å². The van der Waals surface area contributed by atoms with Crippen molar-refractivity contribution in [3.05, 3.63) is 77.5 Å². The zero-order valence-electron chi connectivity index (χ0n) is 17.0. The van der Waals surface area contributed by atoms with Crippen LogP contribution in [0, 0.1) is 5.82 Å². The first-order chi connectivity index (χ1) is 15.6.